The van der Waals surface area contributed by atoms with E-state index in [0.29, 0.717) is 10.8 Å². The molecule has 3 rings (SSSR count). The SMILES string of the molecule is CCS(=O)(=O)c1ccc(N2CCC(NC(=O)C(C)C3CNC3)CC2)cc1.Cl.Cl. The van der Waals surface area contributed by atoms with Crippen LogP contribution in [0.5, 0.6) is 0 Å². The Kier molecular flexibility index (Phi) is 9.53. The number of hydrogen-bond acceptors (Lipinski definition) is 5. The van der Waals surface area contributed by atoms with Crippen LogP contribution in [0.3, 0.4) is 0 Å². The summed E-state index contributed by atoms with van der Waals surface area (Å²) < 4.78 is 23.8. The van der Waals surface area contributed by atoms with Crippen molar-refractivity contribution in [2.75, 3.05) is 36.8 Å². The molecule has 160 valence electrons. The highest BCUT2D eigenvalue weighted by atomic mass is 35.5. The fourth-order valence-electron chi connectivity index (χ4n) is 3.52. The van der Waals surface area contributed by atoms with Crippen LogP contribution in [-0.4, -0.2) is 52.3 Å². The van der Waals surface area contributed by atoms with Crippen LogP contribution in [0.4, 0.5) is 5.69 Å². The molecule has 2 N–H and O–H groups in total. The van der Waals surface area contributed by atoms with E-state index in [4.69, 9.17) is 0 Å². The Morgan fingerprint density at radius 2 is 1.75 bits per heavy atom. The second-order valence-electron chi connectivity index (χ2n) is 7.37. The Balaban J connectivity index is 0.00000196. The van der Waals surface area contributed by atoms with Gasteiger partial charge < -0.3 is 15.5 Å². The standard InChI is InChI=1S/C19H29N3O3S.2ClH/c1-3-26(24,25)18-6-4-17(5-7-18)22-10-8-16(9-11-22)21-19(23)14(2)15-12-20-13-15;;/h4-7,14-16,20H,3,8-13H2,1-2H3,(H,21,23);2*1H. The van der Waals surface area contributed by atoms with Crippen LogP contribution in [0, 0.1) is 11.8 Å². The van der Waals surface area contributed by atoms with Gasteiger partial charge in [-0.25, -0.2) is 8.42 Å². The maximum absolute atomic E-state index is 12.3. The van der Waals surface area contributed by atoms with Crippen molar-refractivity contribution in [2.24, 2.45) is 11.8 Å². The molecule has 1 unspecified atom stereocenters. The lowest BCUT2D eigenvalue weighted by Crippen LogP contribution is -2.52. The van der Waals surface area contributed by atoms with Gasteiger partial charge in [0.1, 0.15) is 0 Å². The summed E-state index contributed by atoms with van der Waals surface area (Å²) in [5.41, 5.74) is 1.04. The van der Waals surface area contributed by atoms with Crippen molar-refractivity contribution >= 4 is 46.2 Å². The van der Waals surface area contributed by atoms with Crippen LogP contribution in [0.2, 0.25) is 0 Å². The summed E-state index contributed by atoms with van der Waals surface area (Å²) >= 11 is 0. The van der Waals surface area contributed by atoms with Gasteiger partial charge in [-0.05, 0) is 56.1 Å². The van der Waals surface area contributed by atoms with E-state index in [0.717, 1.165) is 44.7 Å². The average molecular weight is 452 g/mol. The number of anilines is 1. The number of rotatable bonds is 6. The topological polar surface area (TPSA) is 78.5 Å². The zero-order valence-corrected chi connectivity index (χ0v) is 18.8. The minimum absolute atomic E-state index is 0. The van der Waals surface area contributed by atoms with E-state index in [1.807, 2.05) is 19.1 Å². The summed E-state index contributed by atoms with van der Waals surface area (Å²) in [5, 5.41) is 6.42. The lowest BCUT2D eigenvalue weighted by atomic mass is 9.88. The summed E-state index contributed by atoms with van der Waals surface area (Å²) in [6.07, 6.45) is 1.83. The third-order valence-corrected chi connectivity index (χ3v) is 7.47. The summed E-state index contributed by atoms with van der Waals surface area (Å²) in [7, 11) is -3.15. The number of sulfone groups is 1. The fraction of sp³-hybridized carbons (Fsp3) is 0.632. The number of benzene rings is 1. The van der Waals surface area contributed by atoms with Gasteiger partial charge >= 0.3 is 0 Å². The van der Waals surface area contributed by atoms with Crippen LogP contribution in [0.1, 0.15) is 26.7 Å². The van der Waals surface area contributed by atoms with Gasteiger partial charge in [-0.3, -0.25) is 4.79 Å². The molecule has 1 amide bonds. The molecule has 1 aromatic rings. The number of piperidine rings is 1. The molecule has 0 spiro atoms. The van der Waals surface area contributed by atoms with Crippen molar-refractivity contribution in [3.05, 3.63) is 24.3 Å². The molecular weight excluding hydrogens is 421 g/mol. The van der Waals surface area contributed by atoms with E-state index < -0.39 is 9.84 Å². The molecule has 2 fully saturated rings. The highest BCUT2D eigenvalue weighted by Crippen LogP contribution is 2.23. The molecule has 0 aromatic heterocycles. The third-order valence-electron chi connectivity index (χ3n) is 5.72. The van der Waals surface area contributed by atoms with Crippen LogP contribution in [0.15, 0.2) is 29.2 Å². The molecule has 1 aromatic carbocycles. The van der Waals surface area contributed by atoms with Crippen molar-refractivity contribution in [1.29, 1.82) is 0 Å². The lowest BCUT2D eigenvalue weighted by molar-refractivity contribution is -0.127. The first-order valence-corrected chi connectivity index (χ1v) is 11.1. The maximum Gasteiger partial charge on any atom is 0.223 e. The number of halogens is 2. The molecule has 2 saturated heterocycles. The Labute approximate surface area is 180 Å². The largest absolute Gasteiger partial charge is 0.371 e. The van der Waals surface area contributed by atoms with Gasteiger partial charge in [-0.1, -0.05) is 13.8 Å². The van der Waals surface area contributed by atoms with Crippen molar-refractivity contribution in [3.63, 3.8) is 0 Å². The Morgan fingerprint density at radius 1 is 1.18 bits per heavy atom. The second kappa shape index (κ2) is 10.7. The highest BCUT2D eigenvalue weighted by molar-refractivity contribution is 7.91. The predicted molar refractivity (Wildman–Crippen MR) is 118 cm³/mol. The van der Waals surface area contributed by atoms with E-state index >= 15 is 0 Å². The molecule has 0 bridgehead atoms. The number of carbonyl (C=O) groups excluding carboxylic acids is 1. The van der Waals surface area contributed by atoms with E-state index in [2.05, 4.69) is 15.5 Å². The molecular formula is C19H31Cl2N3O3S. The van der Waals surface area contributed by atoms with Crippen LogP contribution in [0.25, 0.3) is 0 Å². The predicted octanol–water partition coefficient (Wildman–Crippen LogP) is 2.26. The van der Waals surface area contributed by atoms with Gasteiger partial charge in [0.15, 0.2) is 9.84 Å². The smallest absolute Gasteiger partial charge is 0.223 e. The normalized spacial score (nSPS) is 19.0. The van der Waals surface area contributed by atoms with Gasteiger partial charge in [0.2, 0.25) is 5.91 Å². The van der Waals surface area contributed by atoms with Gasteiger partial charge in [0.25, 0.3) is 0 Å². The summed E-state index contributed by atoms with van der Waals surface area (Å²) in [5.74, 6) is 0.826. The molecule has 2 aliphatic heterocycles. The van der Waals surface area contributed by atoms with Gasteiger partial charge in [0, 0.05) is 30.7 Å². The fourth-order valence-corrected chi connectivity index (χ4v) is 4.41. The Bertz CT molecular complexity index is 731. The molecule has 1 atom stereocenters. The quantitative estimate of drug-likeness (QED) is 0.693. The van der Waals surface area contributed by atoms with Crippen molar-refractivity contribution in [3.8, 4) is 0 Å². The molecule has 2 heterocycles. The average Bonchev–Trinajstić information content (AvgIpc) is 2.61. The molecule has 9 heteroatoms. The summed E-state index contributed by atoms with van der Waals surface area (Å²) in [6, 6.07) is 7.38. The number of amides is 1. The maximum atomic E-state index is 12.3. The third kappa shape index (κ3) is 5.75. The first kappa shape index (κ1) is 25.0. The van der Waals surface area contributed by atoms with Crippen LogP contribution >= 0.6 is 24.8 Å². The number of nitrogens with one attached hydrogen (secondary N) is 2. The van der Waals surface area contributed by atoms with Crippen molar-refractivity contribution in [2.45, 2.75) is 37.6 Å². The molecule has 0 saturated carbocycles. The van der Waals surface area contributed by atoms with Crippen molar-refractivity contribution in [1.82, 2.24) is 10.6 Å². The molecule has 0 aliphatic carbocycles. The first-order chi connectivity index (χ1) is 12.4. The Morgan fingerprint density at radius 3 is 2.21 bits per heavy atom. The molecule has 6 nitrogen and oxygen atoms in total. The molecule has 28 heavy (non-hydrogen) atoms. The van der Waals surface area contributed by atoms with Crippen LogP contribution in [-0.2, 0) is 14.6 Å². The zero-order chi connectivity index (χ0) is 18.7. The van der Waals surface area contributed by atoms with E-state index in [9.17, 15) is 13.2 Å². The minimum atomic E-state index is -3.15. The van der Waals surface area contributed by atoms with Gasteiger partial charge in [0.05, 0.1) is 10.6 Å². The molecule has 0 radical (unpaired) electrons. The lowest BCUT2D eigenvalue weighted by Gasteiger charge is -2.36. The van der Waals surface area contributed by atoms with Crippen molar-refractivity contribution < 1.29 is 13.2 Å². The minimum Gasteiger partial charge on any atom is -0.371 e. The monoisotopic (exact) mass is 451 g/mol. The van der Waals surface area contributed by atoms with E-state index in [1.54, 1.807) is 19.1 Å². The number of carbonyl (C=O) groups is 1. The van der Waals surface area contributed by atoms with Crippen LogP contribution < -0.4 is 15.5 Å². The van der Waals surface area contributed by atoms with E-state index in [-0.39, 0.29) is 48.4 Å². The highest BCUT2D eigenvalue weighted by Gasteiger charge is 2.30. The summed E-state index contributed by atoms with van der Waals surface area (Å²) in [4.78, 5) is 15.0. The van der Waals surface area contributed by atoms with Gasteiger partial charge in [-0.15, -0.1) is 24.8 Å². The summed E-state index contributed by atoms with van der Waals surface area (Å²) in [6.45, 7) is 7.29. The van der Waals surface area contributed by atoms with E-state index in [1.165, 1.54) is 0 Å². The molecule has 2 aliphatic rings. The second-order valence-corrected chi connectivity index (χ2v) is 9.65. The first-order valence-electron chi connectivity index (χ1n) is 9.49. The Hall–Kier alpha value is -1.02. The number of nitrogens with zero attached hydrogens (tertiary/aromatic N) is 1. The number of hydrogen-bond donors (Lipinski definition) is 2. The zero-order valence-electron chi connectivity index (χ0n) is 16.4. The van der Waals surface area contributed by atoms with Gasteiger partial charge in [-0.2, -0.15) is 0 Å².